The molecule has 1 aromatic rings. The van der Waals surface area contributed by atoms with E-state index < -0.39 is 0 Å². The Morgan fingerprint density at radius 1 is 1.19 bits per heavy atom. The normalized spacial score (nSPS) is 19.8. The van der Waals surface area contributed by atoms with Gasteiger partial charge in [0, 0.05) is 61.5 Å². The van der Waals surface area contributed by atoms with E-state index in [1.807, 2.05) is 25.4 Å². The third-order valence-corrected chi connectivity index (χ3v) is 5.83. The minimum atomic E-state index is 0.600. The van der Waals surface area contributed by atoms with Crippen LogP contribution in [-0.2, 0) is 0 Å². The number of nitrogen functional groups attached to an aromatic ring is 1. The molecule has 2 aliphatic heterocycles. The Bertz CT molecular complexity index is 673. The number of nitrogens with two attached hydrogens (primary N) is 1. The van der Waals surface area contributed by atoms with Gasteiger partial charge in [-0.05, 0) is 44.8 Å². The minimum absolute atomic E-state index is 0.600. The van der Waals surface area contributed by atoms with Gasteiger partial charge in [0.05, 0.1) is 12.8 Å². The Labute approximate surface area is 162 Å². The predicted octanol–water partition coefficient (Wildman–Crippen LogP) is 2.94. The number of allylic oxidation sites excluding steroid dienone is 1. The fraction of sp³-hybridized carbons (Fsp3) is 0.571. The van der Waals surface area contributed by atoms with Crippen LogP contribution in [0, 0.1) is 5.41 Å². The van der Waals surface area contributed by atoms with Gasteiger partial charge in [0.15, 0.2) is 0 Å². The van der Waals surface area contributed by atoms with Crippen molar-refractivity contribution in [1.82, 2.24) is 10.2 Å². The quantitative estimate of drug-likeness (QED) is 0.529. The van der Waals surface area contributed by atoms with E-state index in [-0.39, 0.29) is 0 Å². The summed E-state index contributed by atoms with van der Waals surface area (Å²) in [5.74, 6) is 0.695. The van der Waals surface area contributed by atoms with Crippen molar-refractivity contribution in [3.05, 3.63) is 23.9 Å². The summed E-state index contributed by atoms with van der Waals surface area (Å²) in [6.45, 7) is 4.56. The molecule has 2 heterocycles. The molecule has 0 amide bonds. The first kappa shape index (κ1) is 19.5. The van der Waals surface area contributed by atoms with E-state index in [0.29, 0.717) is 17.5 Å². The highest BCUT2D eigenvalue weighted by Gasteiger charge is 2.27. The average molecular weight is 372 g/mol. The first-order chi connectivity index (χ1) is 13.2. The first-order valence-electron chi connectivity index (χ1n) is 10.0. The lowest BCUT2D eigenvalue weighted by atomic mass is 9.97. The number of anilines is 2. The number of likely N-dealkylation sites (tertiary alicyclic amines) is 1. The summed E-state index contributed by atoms with van der Waals surface area (Å²) >= 11 is 0. The van der Waals surface area contributed by atoms with Crippen LogP contribution in [0.3, 0.4) is 0 Å². The molecule has 0 unspecified atom stereocenters. The molecular weight excluding hydrogens is 338 g/mol. The second-order valence-electron chi connectivity index (χ2n) is 7.46. The third kappa shape index (κ3) is 4.38. The van der Waals surface area contributed by atoms with Crippen molar-refractivity contribution < 1.29 is 4.74 Å². The second-order valence-corrected chi connectivity index (χ2v) is 7.46. The van der Waals surface area contributed by atoms with E-state index in [9.17, 15) is 0 Å². The molecule has 148 valence electrons. The Morgan fingerprint density at radius 2 is 1.89 bits per heavy atom. The highest BCUT2D eigenvalue weighted by molar-refractivity contribution is 6.11. The number of methoxy groups -OCH3 is 1. The van der Waals surface area contributed by atoms with E-state index in [0.717, 1.165) is 29.9 Å². The molecule has 0 atom stereocenters. The van der Waals surface area contributed by atoms with Crippen LogP contribution >= 0.6 is 0 Å². The molecule has 6 nitrogen and oxygen atoms in total. The summed E-state index contributed by atoms with van der Waals surface area (Å²) in [6, 6.07) is 4.66. The summed E-state index contributed by atoms with van der Waals surface area (Å²) in [5, 5.41) is 10.9. The maximum absolute atomic E-state index is 7.82. The highest BCUT2D eigenvalue weighted by atomic mass is 16.5. The van der Waals surface area contributed by atoms with Gasteiger partial charge in [0.1, 0.15) is 5.75 Å². The summed E-state index contributed by atoms with van der Waals surface area (Å²) in [4.78, 5) is 5.11. The molecule has 4 N–H and O–H groups in total. The van der Waals surface area contributed by atoms with Crippen LogP contribution in [0.5, 0.6) is 5.75 Å². The van der Waals surface area contributed by atoms with Crippen LogP contribution in [0.4, 0.5) is 11.4 Å². The predicted molar refractivity (Wildman–Crippen MR) is 114 cm³/mol. The number of benzene rings is 1. The van der Waals surface area contributed by atoms with Crippen LogP contribution < -0.4 is 20.7 Å². The zero-order valence-electron chi connectivity index (χ0n) is 16.6. The van der Waals surface area contributed by atoms with Crippen molar-refractivity contribution in [3.8, 4) is 5.75 Å². The molecule has 1 aromatic carbocycles. The lowest BCUT2D eigenvalue weighted by molar-refractivity contribution is 0.141. The van der Waals surface area contributed by atoms with E-state index in [2.05, 4.69) is 15.1 Å². The SMILES string of the molecule is CN/C=C(\C=N)c1cc(N)c(OC)cc1N1CCC(N2CCCCC2)CC1. The molecular formula is C21H33N5O. The maximum atomic E-state index is 7.82. The zero-order valence-corrected chi connectivity index (χ0v) is 16.6. The summed E-state index contributed by atoms with van der Waals surface area (Å²) in [5.41, 5.74) is 9.67. The summed E-state index contributed by atoms with van der Waals surface area (Å²) < 4.78 is 5.47. The molecule has 3 rings (SSSR count). The summed E-state index contributed by atoms with van der Waals surface area (Å²) in [7, 11) is 3.50. The number of nitrogens with one attached hydrogen (secondary N) is 2. The van der Waals surface area contributed by atoms with E-state index >= 15 is 0 Å². The van der Waals surface area contributed by atoms with Gasteiger partial charge in [-0.15, -0.1) is 0 Å². The first-order valence-corrected chi connectivity index (χ1v) is 10.0. The number of hydrogen-bond acceptors (Lipinski definition) is 6. The molecule has 0 aromatic heterocycles. The fourth-order valence-electron chi connectivity index (χ4n) is 4.36. The standard InChI is InChI=1S/C21H33N5O/c1-24-15-16(14-22)18-12-19(23)21(27-2)13-20(18)26-10-6-17(7-11-26)25-8-4-3-5-9-25/h12-15,17,22,24H,3-11,23H2,1-2H3/b16-15+,22-14?. The Kier molecular flexibility index (Phi) is 6.61. The van der Waals surface area contributed by atoms with Crippen molar-refractivity contribution in [3.63, 3.8) is 0 Å². The zero-order chi connectivity index (χ0) is 19.2. The van der Waals surface area contributed by atoms with Crippen molar-refractivity contribution in [2.24, 2.45) is 0 Å². The lowest BCUT2D eigenvalue weighted by Crippen LogP contribution is -2.46. The van der Waals surface area contributed by atoms with Gasteiger partial charge in [0.25, 0.3) is 0 Å². The summed E-state index contributed by atoms with van der Waals surface area (Å²) in [6.07, 6.45) is 9.66. The molecule has 2 aliphatic rings. The van der Waals surface area contributed by atoms with Crippen molar-refractivity contribution in [2.75, 3.05) is 51.0 Å². The highest BCUT2D eigenvalue weighted by Crippen LogP contribution is 2.36. The fourth-order valence-corrected chi connectivity index (χ4v) is 4.36. The maximum Gasteiger partial charge on any atom is 0.143 e. The molecule has 0 radical (unpaired) electrons. The minimum Gasteiger partial charge on any atom is -0.495 e. The van der Waals surface area contributed by atoms with Gasteiger partial charge in [-0.1, -0.05) is 6.42 Å². The molecule has 0 bridgehead atoms. The Balaban J connectivity index is 1.82. The van der Waals surface area contributed by atoms with Crippen molar-refractivity contribution >= 4 is 23.2 Å². The second kappa shape index (κ2) is 9.13. The van der Waals surface area contributed by atoms with Crippen LogP contribution in [-0.4, -0.2) is 57.5 Å². The van der Waals surface area contributed by atoms with Crippen LogP contribution in [0.2, 0.25) is 0 Å². The van der Waals surface area contributed by atoms with Gasteiger partial charge in [0.2, 0.25) is 0 Å². The molecule has 6 heteroatoms. The molecule has 0 saturated carbocycles. The largest absolute Gasteiger partial charge is 0.495 e. The van der Waals surface area contributed by atoms with Gasteiger partial charge >= 0.3 is 0 Å². The van der Waals surface area contributed by atoms with Gasteiger partial charge in [-0.2, -0.15) is 0 Å². The molecule has 2 fully saturated rings. The number of hydrogen-bond donors (Lipinski definition) is 3. The van der Waals surface area contributed by atoms with Crippen molar-refractivity contribution in [2.45, 2.75) is 38.1 Å². The lowest BCUT2D eigenvalue weighted by Gasteiger charge is -2.41. The smallest absolute Gasteiger partial charge is 0.143 e. The molecule has 2 saturated heterocycles. The Morgan fingerprint density at radius 3 is 2.48 bits per heavy atom. The van der Waals surface area contributed by atoms with Crippen LogP contribution in [0.15, 0.2) is 18.3 Å². The van der Waals surface area contributed by atoms with Crippen molar-refractivity contribution in [1.29, 1.82) is 5.41 Å². The molecule has 0 spiro atoms. The molecule has 0 aliphatic carbocycles. The van der Waals surface area contributed by atoms with Gasteiger partial charge in [-0.25, -0.2) is 0 Å². The average Bonchev–Trinajstić information content (AvgIpc) is 2.72. The topological polar surface area (TPSA) is 77.6 Å². The number of ether oxygens (including phenoxy) is 1. The third-order valence-electron chi connectivity index (χ3n) is 5.83. The van der Waals surface area contributed by atoms with Gasteiger partial charge < -0.3 is 31.0 Å². The van der Waals surface area contributed by atoms with E-state index in [4.69, 9.17) is 15.9 Å². The monoisotopic (exact) mass is 371 g/mol. The van der Waals surface area contributed by atoms with E-state index in [1.54, 1.807) is 7.11 Å². The molecule has 27 heavy (non-hydrogen) atoms. The Hall–Kier alpha value is -2.21. The van der Waals surface area contributed by atoms with Crippen LogP contribution in [0.25, 0.3) is 5.57 Å². The van der Waals surface area contributed by atoms with E-state index in [1.165, 1.54) is 51.4 Å². The number of nitrogens with zero attached hydrogens (tertiary/aromatic N) is 2. The number of piperidine rings is 2. The number of rotatable bonds is 6. The van der Waals surface area contributed by atoms with Crippen LogP contribution in [0.1, 0.15) is 37.7 Å². The van der Waals surface area contributed by atoms with Gasteiger partial charge in [-0.3, -0.25) is 0 Å².